The molecule has 2 aromatic carbocycles. The molecule has 0 aliphatic carbocycles. The minimum Gasteiger partial charge on any atom is -0.457 e. The zero-order chi connectivity index (χ0) is 21.0. The van der Waals surface area contributed by atoms with Crippen LogP contribution in [0.3, 0.4) is 0 Å². The Hall–Kier alpha value is -4.09. The number of hydrogen-bond donors (Lipinski definition) is 3. The fourth-order valence-electron chi connectivity index (χ4n) is 3.58. The number of ether oxygens (including phenoxy) is 2. The first kappa shape index (κ1) is 18.9. The number of para-hydroxylation sites is 1. The van der Waals surface area contributed by atoms with Crippen LogP contribution in [0.25, 0.3) is 11.0 Å². The molecule has 0 saturated carbocycles. The van der Waals surface area contributed by atoms with Gasteiger partial charge in [-0.2, -0.15) is 10.4 Å². The maximum absolute atomic E-state index is 9.67. The molecule has 154 valence electrons. The maximum Gasteiger partial charge on any atom is 0.161 e. The number of aromatic nitrogens is 3. The Morgan fingerprint density at radius 1 is 1.03 bits per heavy atom. The number of nitrogens with zero attached hydrogens (tertiary/aromatic N) is 3. The van der Waals surface area contributed by atoms with Gasteiger partial charge in [-0.05, 0) is 37.2 Å². The molecule has 4 aromatic rings. The Bertz CT molecular complexity index is 1240. The Labute approximate surface area is 178 Å². The Morgan fingerprint density at radius 2 is 1.94 bits per heavy atom. The lowest BCUT2D eigenvalue weighted by Gasteiger charge is -2.13. The Kier molecular flexibility index (Phi) is 5.09. The summed E-state index contributed by atoms with van der Waals surface area (Å²) in [4.78, 5) is 4.34. The van der Waals surface area contributed by atoms with E-state index in [1.54, 1.807) is 30.5 Å². The summed E-state index contributed by atoms with van der Waals surface area (Å²) in [6, 6.07) is 18.9. The van der Waals surface area contributed by atoms with E-state index in [9.17, 15) is 5.26 Å². The second-order valence-electron chi connectivity index (χ2n) is 7.23. The second-order valence-corrected chi connectivity index (χ2v) is 7.23. The largest absolute Gasteiger partial charge is 0.457 e. The number of anilines is 1. The highest BCUT2D eigenvalue weighted by atomic mass is 16.5. The van der Waals surface area contributed by atoms with E-state index in [1.807, 2.05) is 30.3 Å². The van der Waals surface area contributed by atoms with Crippen molar-refractivity contribution in [3.63, 3.8) is 0 Å². The monoisotopic (exact) mass is 412 g/mol. The third-order valence-electron chi connectivity index (χ3n) is 5.09. The van der Waals surface area contributed by atoms with Crippen molar-refractivity contribution in [1.82, 2.24) is 20.5 Å². The normalized spacial score (nSPS) is 15.5. The van der Waals surface area contributed by atoms with Gasteiger partial charge in [-0.15, -0.1) is 0 Å². The van der Waals surface area contributed by atoms with Crippen molar-refractivity contribution in [2.24, 2.45) is 0 Å². The van der Waals surface area contributed by atoms with E-state index in [2.05, 4.69) is 31.9 Å². The van der Waals surface area contributed by atoms with Crippen molar-refractivity contribution in [3.05, 3.63) is 66.4 Å². The predicted octanol–water partition coefficient (Wildman–Crippen LogP) is 4.19. The third kappa shape index (κ3) is 3.99. The summed E-state index contributed by atoms with van der Waals surface area (Å²) in [5, 5.41) is 24.5. The van der Waals surface area contributed by atoms with E-state index in [0.29, 0.717) is 46.1 Å². The van der Waals surface area contributed by atoms with Crippen LogP contribution in [-0.2, 0) is 0 Å². The van der Waals surface area contributed by atoms with E-state index in [0.717, 1.165) is 24.9 Å². The summed E-state index contributed by atoms with van der Waals surface area (Å²) in [5.41, 5.74) is 0.991. The minimum absolute atomic E-state index is 0.295. The van der Waals surface area contributed by atoms with Crippen LogP contribution in [-0.4, -0.2) is 34.3 Å². The summed E-state index contributed by atoms with van der Waals surface area (Å²) < 4.78 is 12.0. The number of rotatable bonds is 6. The van der Waals surface area contributed by atoms with Crippen molar-refractivity contribution in [1.29, 1.82) is 5.26 Å². The number of benzene rings is 2. The summed E-state index contributed by atoms with van der Waals surface area (Å²) in [7, 11) is 0. The van der Waals surface area contributed by atoms with Crippen molar-refractivity contribution in [2.45, 2.75) is 12.5 Å². The number of H-pyrrole nitrogens is 1. The third-order valence-corrected chi connectivity index (χ3v) is 5.09. The molecule has 31 heavy (non-hydrogen) atoms. The summed E-state index contributed by atoms with van der Waals surface area (Å²) >= 11 is 0. The van der Waals surface area contributed by atoms with Crippen LogP contribution in [0.5, 0.6) is 23.0 Å². The van der Waals surface area contributed by atoms with Gasteiger partial charge in [-0.25, -0.2) is 4.98 Å². The smallest absolute Gasteiger partial charge is 0.161 e. The lowest BCUT2D eigenvalue weighted by molar-refractivity contribution is 0.470. The first-order valence-corrected chi connectivity index (χ1v) is 10.1. The van der Waals surface area contributed by atoms with Crippen LogP contribution in [0, 0.1) is 11.3 Å². The molecule has 0 unspecified atom stereocenters. The van der Waals surface area contributed by atoms with Crippen molar-refractivity contribution >= 4 is 16.9 Å². The Morgan fingerprint density at radius 3 is 2.74 bits per heavy atom. The lowest BCUT2D eigenvalue weighted by atomic mass is 10.2. The first-order chi connectivity index (χ1) is 15.3. The average Bonchev–Trinajstić information content (AvgIpc) is 3.46. The first-order valence-electron chi connectivity index (χ1n) is 10.1. The van der Waals surface area contributed by atoms with Gasteiger partial charge in [0.25, 0.3) is 0 Å². The van der Waals surface area contributed by atoms with Gasteiger partial charge in [0.15, 0.2) is 11.5 Å². The topological polar surface area (TPSA) is 108 Å². The molecule has 5 rings (SSSR count). The summed E-state index contributed by atoms with van der Waals surface area (Å²) in [6.07, 6.45) is 2.67. The minimum atomic E-state index is 0.295. The molecular weight excluding hydrogens is 392 g/mol. The zero-order valence-electron chi connectivity index (χ0n) is 16.6. The van der Waals surface area contributed by atoms with E-state index in [-0.39, 0.29) is 0 Å². The predicted molar refractivity (Wildman–Crippen MR) is 117 cm³/mol. The second kappa shape index (κ2) is 8.34. The molecular formula is C23H20N6O2. The molecule has 8 nitrogen and oxygen atoms in total. The number of pyridine rings is 1. The van der Waals surface area contributed by atoms with E-state index >= 15 is 0 Å². The Balaban J connectivity index is 1.44. The molecule has 8 heteroatoms. The van der Waals surface area contributed by atoms with Crippen molar-refractivity contribution < 1.29 is 9.47 Å². The number of nitriles is 1. The van der Waals surface area contributed by atoms with Crippen LogP contribution in [0.4, 0.5) is 5.82 Å². The molecule has 1 aliphatic rings. The van der Waals surface area contributed by atoms with E-state index < -0.39 is 0 Å². The molecule has 0 radical (unpaired) electrons. The molecule has 1 atom stereocenters. The molecule has 0 amide bonds. The SMILES string of the molecule is N#Cc1cc(Oc2ccccc2)ccc1Oc1ccnc2[nH]nc(N[C@@H]3CCNC3)c12. The highest BCUT2D eigenvalue weighted by molar-refractivity contribution is 5.93. The highest BCUT2D eigenvalue weighted by Gasteiger charge is 2.20. The van der Waals surface area contributed by atoms with Crippen LogP contribution in [0.15, 0.2) is 60.8 Å². The van der Waals surface area contributed by atoms with Crippen LogP contribution < -0.4 is 20.1 Å². The average molecular weight is 412 g/mol. The van der Waals surface area contributed by atoms with Crippen molar-refractivity contribution in [2.75, 3.05) is 18.4 Å². The van der Waals surface area contributed by atoms with Crippen LogP contribution in [0.1, 0.15) is 12.0 Å². The van der Waals surface area contributed by atoms with Crippen molar-refractivity contribution in [3.8, 4) is 29.1 Å². The number of hydrogen-bond acceptors (Lipinski definition) is 7. The lowest BCUT2D eigenvalue weighted by Crippen LogP contribution is -2.22. The molecule has 1 aliphatic heterocycles. The number of nitrogens with one attached hydrogen (secondary N) is 3. The van der Waals surface area contributed by atoms with E-state index in [1.165, 1.54) is 0 Å². The molecule has 2 aromatic heterocycles. The fraction of sp³-hybridized carbons (Fsp3) is 0.174. The molecule has 0 spiro atoms. The van der Waals surface area contributed by atoms with Crippen LogP contribution in [0.2, 0.25) is 0 Å². The molecule has 0 bridgehead atoms. The molecule has 3 heterocycles. The van der Waals surface area contributed by atoms with Gasteiger partial charge >= 0.3 is 0 Å². The van der Waals surface area contributed by atoms with Gasteiger partial charge in [-0.1, -0.05) is 18.2 Å². The molecule has 3 N–H and O–H groups in total. The maximum atomic E-state index is 9.67. The standard InChI is InChI=1S/C23H20N6O2/c24-13-15-12-18(30-17-4-2-1-3-5-17)6-7-19(15)31-20-9-11-26-22-21(20)23(29-28-22)27-16-8-10-25-14-16/h1-7,9,11-12,16,25H,8,10,14H2,(H2,26,27,28,29)/t16-/m1/s1. The summed E-state index contributed by atoms with van der Waals surface area (Å²) in [5.74, 6) is 2.96. The quantitative estimate of drug-likeness (QED) is 0.436. The van der Waals surface area contributed by atoms with Gasteiger partial charge < -0.3 is 20.1 Å². The van der Waals surface area contributed by atoms with Gasteiger partial charge in [0, 0.05) is 30.9 Å². The summed E-state index contributed by atoms with van der Waals surface area (Å²) in [6.45, 7) is 1.86. The van der Waals surface area contributed by atoms with Gasteiger partial charge in [0.2, 0.25) is 0 Å². The molecule has 1 fully saturated rings. The van der Waals surface area contributed by atoms with Gasteiger partial charge in [0.1, 0.15) is 34.5 Å². The van der Waals surface area contributed by atoms with E-state index in [4.69, 9.17) is 9.47 Å². The number of aromatic amines is 1. The van der Waals surface area contributed by atoms with Gasteiger partial charge in [-0.3, -0.25) is 5.10 Å². The fourth-order valence-corrected chi connectivity index (χ4v) is 3.58. The van der Waals surface area contributed by atoms with Gasteiger partial charge in [0.05, 0.1) is 5.56 Å². The molecule has 1 saturated heterocycles. The highest BCUT2D eigenvalue weighted by Crippen LogP contribution is 2.36. The van der Waals surface area contributed by atoms with Crippen LogP contribution >= 0.6 is 0 Å². The zero-order valence-corrected chi connectivity index (χ0v) is 16.6. The number of fused-ring (bicyclic) bond motifs is 1.